The number of carbonyl (C=O) groups excluding carboxylic acids is 2. The first-order valence-corrected chi connectivity index (χ1v) is 8.24. The molecule has 5 nitrogen and oxygen atoms in total. The Morgan fingerprint density at radius 1 is 1.09 bits per heavy atom. The first-order chi connectivity index (χ1) is 11.1. The van der Waals surface area contributed by atoms with Gasteiger partial charge in [0, 0.05) is 37.8 Å². The quantitative estimate of drug-likeness (QED) is 0.532. The van der Waals surface area contributed by atoms with Gasteiger partial charge < -0.3 is 15.0 Å². The molecule has 0 spiro atoms. The van der Waals surface area contributed by atoms with Crippen LogP contribution in [0.15, 0.2) is 24.3 Å². The molecule has 0 unspecified atom stereocenters. The summed E-state index contributed by atoms with van der Waals surface area (Å²) in [6.07, 6.45) is 4.21. The van der Waals surface area contributed by atoms with Gasteiger partial charge in [-0.3, -0.25) is 9.59 Å². The lowest BCUT2D eigenvalue weighted by Gasteiger charge is -2.16. The van der Waals surface area contributed by atoms with Crippen LogP contribution in [0.2, 0.25) is 0 Å². The lowest BCUT2D eigenvalue weighted by Crippen LogP contribution is -2.24. The minimum absolute atomic E-state index is 0.0368. The number of esters is 1. The molecule has 0 radical (unpaired) electrons. The SMILES string of the molecule is CCN(C)c1ccc(C(=O)NCCCCCCC(=O)OC)cc1. The molecule has 5 heteroatoms. The van der Waals surface area contributed by atoms with Crippen LogP contribution in [0.5, 0.6) is 0 Å². The maximum absolute atomic E-state index is 12.0. The molecule has 0 aliphatic carbocycles. The highest BCUT2D eigenvalue weighted by Crippen LogP contribution is 2.13. The van der Waals surface area contributed by atoms with Gasteiger partial charge in [0.15, 0.2) is 0 Å². The van der Waals surface area contributed by atoms with Gasteiger partial charge in [-0.05, 0) is 44.0 Å². The Hall–Kier alpha value is -2.04. The zero-order valence-corrected chi connectivity index (χ0v) is 14.4. The third kappa shape index (κ3) is 7.17. The van der Waals surface area contributed by atoms with Crippen molar-refractivity contribution in [3.05, 3.63) is 29.8 Å². The van der Waals surface area contributed by atoms with Crippen LogP contribution in [0.4, 0.5) is 5.69 Å². The summed E-state index contributed by atoms with van der Waals surface area (Å²) in [5.41, 5.74) is 1.79. The number of nitrogens with one attached hydrogen (secondary N) is 1. The molecular weight excluding hydrogens is 292 g/mol. The van der Waals surface area contributed by atoms with Gasteiger partial charge in [0.1, 0.15) is 0 Å². The molecule has 128 valence electrons. The first kappa shape index (κ1) is 19.0. The van der Waals surface area contributed by atoms with Gasteiger partial charge in [0.25, 0.3) is 5.91 Å². The zero-order valence-electron chi connectivity index (χ0n) is 14.4. The summed E-state index contributed by atoms with van der Waals surface area (Å²) >= 11 is 0. The maximum atomic E-state index is 12.0. The molecule has 1 aromatic rings. The lowest BCUT2D eigenvalue weighted by molar-refractivity contribution is -0.140. The van der Waals surface area contributed by atoms with Crippen molar-refractivity contribution in [2.24, 2.45) is 0 Å². The molecule has 0 atom stereocenters. The van der Waals surface area contributed by atoms with Crippen molar-refractivity contribution >= 4 is 17.6 Å². The van der Waals surface area contributed by atoms with E-state index in [9.17, 15) is 9.59 Å². The molecule has 1 aromatic carbocycles. The minimum atomic E-state index is -0.157. The Balaban J connectivity index is 2.20. The highest BCUT2D eigenvalue weighted by atomic mass is 16.5. The van der Waals surface area contributed by atoms with Crippen molar-refractivity contribution in [1.29, 1.82) is 0 Å². The van der Waals surface area contributed by atoms with Crippen LogP contribution in [-0.4, -0.2) is 39.1 Å². The predicted molar refractivity (Wildman–Crippen MR) is 92.8 cm³/mol. The molecule has 0 saturated carbocycles. The summed E-state index contributed by atoms with van der Waals surface area (Å²) in [5, 5.41) is 2.93. The number of ether oxygens (including phenoxy) is 1. The van der Waals surface area contributed by atoms with E-state index in [4.69, 9.17) is 0 Å². The molecule has 0 heterocycles. The van der Waals surface area contributed by atoms with E-state index < -0.39 is 0 Å². The minimum Gasteiger partial charge on any atom is -0.469 e. The standard InChI is InChI=1S/C18H28N2O3/c1-4-20(2)16-12-10-15(11-13-16)18(22)19-14-8-6-5-7-9-17(21)23-3/h10-13H,4-9,14H2,1-3H3,(H,19,22). The van der Waals surface area contributed by atoms with E-state index in [0.29, 0.717) is 18.5 Å². The number of anilines is 1. The Morgan fingerprint density at radius 3 is 2.35 bits per heavy atom. The Bertz CT molecular complexity index is 486. The molecular formula is C18H28N2O3. The van der Waals surface area contributed by atoms with Crippen LogP contribution >= 0.6 is 0 Å². The van der Waals surface area contributed by atoms with Gasteiger partial charge in [-0.2, -0.15) is 0 Å². The second kappa shape index (κ2) is 10.6. The summed E-state index contributed by atoms with van der Waals surface area (Å²) in [6.45, 7) is 3.68. The third-order valence-electron chi connectivity index (χ3n) is 3.87. The molecule has 1 N–H and O–H groups in total. The number of amides is 1. The summed E-state index contributed by atoms with van der Waals surface area (Å²) in [6, 6.07) is 7.64. The van der Waals surface area contributed by atoms with Crippen LogP contribution in [0.3, 0.4) is 0 Å². The van der Waals surface area contributed by atoms with Gasteiger partial charge in [0.05, 0.1) is 7.11 Å². The molecule has 0 aromatic heterocycles. The molecule has 0 fully saturated rings. The van der Waals surface area contributed by atoms with Gasteiger partial charge in [-0.15, -0.1) is 0 Å². The average molecular weight is 320 g/mol. The number of methoxy groups -OCH3 is 1. The molecule has 1 rings (SSSR count). The number of hydrogen-bond acceptors (Lipinski definition) is 4. The monoisotopic (exact) mass is 320 g/mol. The fraction of sp³-hybridized carbons (Fsp3) is 0.556. The molecule has 1 amide bonds. The normalized spacial score (nSPS) is 10.2. The summed E-state index contributed by atoms with van der Waals surface area (Å²) in [7, 11) is 3.43. The van der Waals surface area contributed by atoms with Crippen molar-refractivity contribution in [3.63, 3.8) is 0 Å². The smallest absolute Gasteiger partial charge is 0.305 e. The van der Waals surface area contributed by atoms with Crippen molar-refractivity contribution in [1.82, 2.24) is 5.32 Å². The number of unbranched alkanes of at least 4 members (excludes halogenated alkanes) is 3. The first-order valence-electron chi connectivity index (χ1n) is 8.24. The fourth-order valence-corrected chi connectivity index (χ4v) is 2.20. The van der Waals surface area contributed by atoms with Gasteiger partial charge >= 0.3 is 5.97 Å². The number of benzene rings is 1. The van der Waals surface area contributed by atoms with Gasteiger partial charge in [-0.25, -0.2) is 0 Å². The van der Waals surface area contributed by atoms with Gasteiger partial charge in [0.2, 0.25) is 0 Å². The van der Waals surface area contributed by atoms with Crippen LogP contribution in [0, 0.1) is 0 Å². The largest absolute Gasteiger partial charge is 0.469 e. The van der Waals surface area contributed by atoms with Gasteiger partial charge in [-0.1, -0.05) is 12.8 Å². The van der Waals surface area contributed by atoms with E-state index in [2.05, 4.69) is 21.9 Å². The van der Waals surface area contributed by atoms with E-state index in [1.807, 2.05) is 31.3 Å². The number of hydrogen-bond donors (Lipinski definition) is 1. The van der Waals surface area contributed by atoms with E-state index in [0.717, 1.165) is 37.9 Å². The third-order valence-corrected chi connectivity index (χ3v) is 3.87. The summed E-state index contributed by atoms with van der Waals surface area (Å²) in [5.74, 6) is -0.194. The van der Waals surface area contributed by atoms with E-state index >= 15 is 0 Å². The topological polar surface area (TPSA) is 58.6 Å². The highest BCUT2D eigenvalue weighted by Gasteiger charge is 2.06. The van der Waals surface area contributed by atoms with E-state index in [-0.39, 0.29) is 11.9 Å². The molecule has 0 aliphatic rings. The lowest BCUT2D eigenvalue weighted by atomic mass is 10.1. The van der Waals surface area contributed by atoms with E-state index in [1.54, 1.807) is 0 Å². The van der Waals surface area contributed by atoms with Crippen LogP contribution in [0.25, 0.3) is 0 Å². The van der Waals surface area contributed by atoms with Crippen molar-refractivity contribution in [3.8, 4) is 0 Å². The second-order valence-corrected chi connectivity index (χ2v) is 5.56. The summed E-state index contributed by atoms with van der Waals surface area (Å²) in [4.78, 5) is 25.1. The van der Waals surface area contributed by atoms with Crippen LogP contribution in [0.1, 0.15) is 49.4 Å². The fourth-order valence-electron chi connectivity index (χ4n) is 2.20. The Morgan fingerprint density at radius 2 is 1.74 bits per heavy atom. The van der Waals surface area contributed by atoms with Crippen molar-refractivity contribution < 1.29 is 14.3 Å². The molecule has 23 heavy (non-hydrogen) atoms. The molecule has 0 aliphatic heterocycles. The Kier molecular flexibility index (Phi) is 8.80. The number of nitrogens with zero attached hydrogens (tertiary/aromatic N) is 1. The maximum Gasteiger partial charge on any atom is 0.305 e. The number of carbonyl (C=O) groups is 2. The Labute approximate surface area is 139 Å². The highest BCUT2D eigenvalue weighted by molar-refractivity contribution is 5.94. The van der Waals surface area contributed by atoms with E-state index in [1.165, 1.54) is 7.11 Å². The summed E-state index contributed by atoms with van der Waals surface area (Å²) < 4.78 is 4.59. The average Bonchev–Trinajstić information content (AvgIpc) is 2.59. The molecule has 0 bridgehead atoms. The van der Waals surface area contributed by atoms with Crippen molar-refractivity contribution in [2.45, 2.75) is 39.0 Å². The van der Waals surface area contributed by atoms with Crippen molar-refractivity contribution in [2.75, 3.05) is 32.1 Å². The predicted octanol–water partition coefficient (Wildman–Crippen LogP) is 3.00. The van der Waals surface area contributed by atoms with Crippen LogP contribution < -0.4 is 10.2 Å². The zero-order chi connectivity index (χ0) is 17.1. The van der Waals surface area contributed by atoms with Crippen LogP contribution in [-0.2, 0) is 9.53 Å². The second-order valence-electron chi connectivity index (χ2n) is 5.56. The molecule has 0 saturated heterocycles. The number of rotatable bonds is 10.